The van der Waals surface area contributed by atoms with Crippen LogP contribution < -0.4 is 0 Å². The van der Waals surface area contributed by atoms with Gasteiger partial charge in [0.2, 0.25) is 5.89 Å². The minimum absolute atomic E-state index is 0.170. The van der Waals surface area contributed by atoms with Gasteiger partial charge in [0.1, 0.15) is 11.3 Å². The number of nitrogens with zero attached hydrogens (tertiary/aromatic N) is 1. The van der Waals surface area contributed by atoms with Crippen LogP contribution in [0.25, 0.3) is 22.6 Å². The first-order valence-corrected chi connectivity index (χ1v) is 9.66. The molecule has 0 aliphatic rings. The van der Waals surface area contributed by atoms with E-state index in [2.05, 4.69) is 56.9 Å². The standard InChI is InChI=1S/C25H25NO2/c1-16(2)17-10-13-23-21(14-17)26-24(28-23)20-15-19(11-12-22(20)27)25(3,4)18-8-6-5-7-9-18/h5-16,27H,1-4H3. The summed E-state index contributed by atoms with van der Waals surface area (Å²) in [5.74, 6) is 1.04. The van der Waals surface area contributed by atoms with E-state index in [9.17, 15) is 5.11 Å². The lowest BCUT2D eigenvalue weighted by Crippen LogP contribution is -2.18. The summed E-state index contributed by atoms with van der Waals surface area (Å²) in [5.41, 5.74) is 5.47. The molecule has 142 valence electrons. The number of aromatic hydroxyl groups is 1. The molecule has 0 atom stereocenters. The normalized spacial score (nSPS) is 12.0. The Morgan fingerprint density at radius 2 is 1.64 bits per heavy atom. The van der Waals surface area contributed by atoms with Gasteiger partial charge >= 0.3 is 0 Å². The molecule has 3 heteroatoms. The van der Waals surface area contributed by atoms with Crippen molar-refractivity contribution in [1.29, 1.82) is 0 Å². The van der Waals surface area contributed by atoms with Crippen LogP contribution in [0.15, 0.2) is 71.1 Å². The molecule has 0 saturated heterocycles. The molecule has 1 aromatic heterocycles. The SMILES string of the molecule is CC(C)c1ccc2oc(-c3cc(C(C)(C)c4ccccc4)ccc3O)nc2c1. The maximum absolute atomic E-state index is 10.5. The predicted molar refractivity (Wildman–Crippen MR) is 114 cm³/mol. The van der Waals surface area contributed by atoms with Gasteiger partial charge in [-0.15, -0.1) is 0 Å². The molecule has 1 N–H and O–H groups in total. The van der Waals surface area contributed by atoms with Crippen LogP contribution >= 0.6 is 0 Å². The molecule has 4 aromatic rings. The summed E-state index contributed by atoms with van der Waals surface area (Å²) in [6.45, 7) is 8.67. The number of hydrogen-bond donors (Lipinski definition) is 1. The number of hydrogen-bond acceptors (Lipinski definition) is 3. The van der Waals surface area contributed by atoms with E-state index >= 15 is 0 Å². The molecule has 3 aromatic carbocycles. The van der Waals surface area contributed by atoms with Crippen molar-refractivity contribution in [2.45, 2.75) is 39.0 Å². The fourth-order valence-corrected chi connectivity index (χ4v) is 3.54. The van der Waals surface area contributed by atoms with E-state index < -0.39 is 0 Å². The van der Waals surface area contributed by atoms with Crippen LogP contribution in [0.5, 0.6) is 5.75 Å². The van der Waals surface area contributed by atoms with E-state index in [4.69, 9.17) is 4.42 Å². The number of oxazole rings is 1. The quantitative estimate of drug-likeness (QED) is 0.437. The van der Waals surface area contributed by atoms with Gasteiger partial charge in [-0.3, -0.25) is 0 Å². The molecule has 0 spiro atoms. The number of phenols is 1. The zero-order valence-electron chi connectivity index (χ0n) is 16.7. The lowest BCUT2D eigenvalue weighted by molar-refractivity contribution is 0.473. The highest BCUT2D eigenvalue weighted by Crippen LogP contribution is 2.38. The molecular weight excluding hydrogens is 346 g/mol. The number of fused-ring (bicyclic) bond motifs is 1. The second kappa shape index (κ2) is 6.83. The van der Waals surface area contributed by atoms with Crippen LogP contribution in [0, 0.1) is 0 Å². The van der Waals surface area contributed by atoms with E-state index in [0.717, 1.165) is 16.7 Å². The van der Waals surface area contributed by atoms with Crippen LogP contribution in [0.1, 0.15) is 50.3 Å². The average Bonchev–Trinajstić information content (AvgIpc) is 3.11. The summed E-state index contributed by atoms with van der Waals surface area (Å²) in [4.78, 5) is 4.66. The maximum Gasteiger partial charge on any atom is 0.231 e. The number of benzene rings is 3. The summed E-state index contributed by atoms with van der Waals surface area (Å²) < 4.78 is 5.97. The molecule has 0 amide bonds. The Kier molecular flexibility index (Phi) is 4.46. The minimum Gasteiger partial charge on any atom is -0.507 e. The molecule has 0 aliphatic carbocycles. The van der Waals surface area contributed by atoms with Crippen LogP contribution in [0.2, 0.25) is 0 Å². The summed E-state index contributed by atoms with van der Waals surface area (Å²) in [5, 5.41) is 10.5. The average molecular weight is 371 g/mol. The van der Waals surface area contributed by atoms with E-state index in [1.54, 1.807) is 6.07 Å². The Morgan fingerprint density at radius 3 is 2.36 bits per heavy atom. The Bertz CT molecular complexity index is 1120. The van der Waals surface area contributed by atoms with Crippen molar-refractivity contribution in [1.82, 2.24) is 4.98 Å². The topological polar surface area (TPSA) is 46.3 Å². The number of aromatic nitrogens is 1. The van der Waals surface area contributed by atoms with Gasteiger partial charge in [-0.2, -0.15) is 0 Å². The van der Waals surface area contributed by atoms with Crippen molar-refractivity contribution in [3.63, 3.8) is 0 Å². The molecule has 0 unspecified atom stereocenters. The van der Waals surface area contributed by atoms with Crippen molar-refractivity contribution in [2.75, 3.05) is 0 Å². The second-order valence-electron chi connectivity index (χ2n) is 8.12. The minimum atomic E-state index is -0.208. The van der Waals surface area contributed by atoms with E-state index in [0.29, 0.717) is 17.4 Å². The van der Waals surface area contributed by atoms with Crippen molar-refractivity contribution in [3.8, 4) is 17.2 Å². The molecule has 0 radical (unpaired) electrons. The van der Waals surface area contributed by atoms with Crippen LogP contribution in [-0.2, 0) is 5.41 Å². The fourth-order valence-electron chi connectivity index (χ4n) is 3.54. The van der Waals surface area contributed by atoms with Crippen molar-refractivity contribution < 1.29 is 9.52 Å². The molecule has 0 fully saturated rings. The summed E-state index contributed by atoms with van der Waals surface area (Å²) >= 11 is 0. The molecule has 28 heavy (non-hydrogen) atoms. The first-order valence-electron chi connectivity index (χ1n) is 9.66. The molecule has 0 saturated carbocycles. The summed E-state index contributed by atoms with van der Waals surface area (Å²) in [6, 6.07) is 22.1. The van der Waals surface area contributed by atoms with Crippen LogP contribution in [0.3, 0.4) is 0 Å². The Morgan fingerprint density at radius 1 is 0.893 bits per heavy atom. The molecular formula is C25H25NO2. The summed E-state index contributed by atoms with van der Waals surface area (Å²) in [7, 11) is 0. The first-order chi connectivity index (χ1) is 13.4. The van der Waals surface area contributed by atoms with E-state index in [1.807, 2.05) is 36.4 Å². The van der Waals surface area contributed by atoms with Gasteiger partial charge in [0.05, 0.1) is 5.56 Å². The Balaban J connectivity index is 1.80. The highest BCUT2D eigenvalue weighted by molar-refractivity contribution is 5.78. The lowest BCUT2D eigenvalue weighted by atomic mass is 9.77. The fraction of sp³-hybridized carbons (Fsp3) is 0.240. The van der Waals surface area contributed by atoms with Gasteiger partial charge in [-0.05, 0) is 46.9 Å². The third-order valence-corrected chi connectivity index (χ3v) is 5.52. The number of rotatable bonds is 4. The third-order valence-electron chi connectivity index (χ3n) is 5.52. The number of phenolic OH excluding ortho intramolecular Hbond substituents is 1. The molecule has 4 rings (SSSR count). The molecule has 3 nitrogen and oxygen atoms in total. The molecule has 1 heterocycles. The van der Waals surface area contributed by atoms with Gasteiger partial charge < -0.3 is 9.52 Å². The van der Waals surface area contributed by atoms with Crippen molar-refractivity contribution in [2.24, 2.45) is 0 Å². The Labute approximate surface area is 165 Å². The third kappa shape index (κ3) is 3.18. The largest absolute Gasteiger partial charge is 0.507 e. The van der Waals surface area contributed by atoms with Crippen LogP contribution in [-0.4, -0.2) is 10.1 Å². The monoisotopic (exact) mass is 371 g/mol. The first kappa shape index (κ1) is 18.3. The van der Waals surface area contributed by atoms with Gasteiger partial charge in [0.15, 0.2) is 5.58 Å². The maximum atomic E-state index is 10.5. The van der Waals surface area contributed by atoms with Gasteiger partial charge in [0.25, 0.3) is 0 Å². The van der Waals surface area contributed by atoms with E-state index in [1.165, 1.54) is 11.1 Å². The van der Waals surface area contributed by atoms with Crippen molar-refractivity contribution in [3.05, 3.63) is 83.4 Å². The highest BCUT2D eigenvalue weighted by Gasteiger charge is 2.25. The van der Waals surface area contributed by atoms with Crippen molar-refractivity contribution >= 4 is 11.1 Å². The highest BCUT2D eigenvalue weighted by atomic mass is 16.3. The van der Waals surface area contributed by atoms with Gasteiger partial charge in [0, 0.05) is 5.41 Å². The zero-order chi connectivity index (χ0) is 19.9. The van der Waals surface area contributed by atoms with Crippen LogP contribution in [0.4, 0.5) is 0 Å². The smallest absolute Gasteiger partial charge is 0.231 e. The van der Waals surface area contributed by atoms with E-state index in [-0.39, 0.29) is 11.2 Å². The summed E-state index contributed by atoms with van der Waals surface area (Å²) in [6.07, 6.45) is 0. The zero-order valence-corrected chi connectivity index (χ0v) is 16.7. The lowest BCUT2D eigenvalue weighted by Gasteiger charge is -2.26. The Hall–Kier alpha value is -3.07. The second-order valence-corrected chi connectivity index (χ2v) is 8.12. The molecule has 0 aliphatic heterocycles. The predicted octanol–water partition coefficient (Wildman–Crippen LogP) is 6.65. The van der Waals surface area contributed by atoms with Gasteiger partial charge in [-0.25, -0.2) is 4.98 Å². The van der Waals surface area contributed by atoms with Gasteiger partial charge in [-0.1, -0.05) is 70.2 Å². The molecule has 0 bridgehead atoms.